The number of thiophene rings is 1. The van der Waals surface area contributed by atoms with E-state index in [1.54, 1.807) is 29.8 Å². The molecule has 1 amide bonds. The van der Waals surface area contributed by atoms with Crippen LogP contribution in [0.1, 0.15) is 12.0 Å². The van der Waals surface area contributed by atoms with Crippen molar-refractivity contribution in [3.63, 3.8) is 0 Å². The van der Waals surface area contributed by atoms with Crippen LogP contribution in [0, 0.1) is 0 Å². The minimum absolute atomic E-state index is 0.0575. The number of carbonyl (C=O) groups is 1. The molecular formula is C34H30N4O4S. The molecule has 7 rings (SSSR count). The summed E-state index contributed by atoms with van der Waals surface area (Å²) in [5.74, 6) is 0.500. The predicted octanol–water partition coefficient (Wildman–Crippen LogP) is 6.18. The van der Waals surface area contributed by atoms with Crippen molar-refractivity contribution >= 4 is 60.0 Å². The van der Waals surface area contributed by atoms with Gasteiger partial charge in [0, 0.05) is 82.4 Å². The number of hydrogen-bond donors (Lipinski definition) is 2. The van der Waals surface area contributed by atoms with Gasteiger partial charge in [-0.3, -0.25) is 14.6 Å². The van der Waals surface area contributed by atoms with Crippen molar-refractivity contribution in [2.45, 2.75) is 13.0 Å². The lowest BCUT2D eigenvalue weighted by Crippen LogP contribution is -2.36. The van der Waals surface area contributed by atoms with E-state index in [1.165, 1.54) is 0 Å². The number of benzene rings is 3. The first-order valence-corrected chi connectivity index (χ1v) is 15.2. The van der Waals surface area contributed by atoms with Gasteiger partial charge < -0.3 is 24.7 Å². The number of fused-ring (bicyclic) bond motifs is 4. The highest BCUT2D eigenvalue weighted by Gasteiger charge is 2.20. The minimum atomic E-state index is -0.0707. The quantitative estimate of drug-likeness (QED) is 0.205. The lowest BCUT2D eigenvalue weighted by atomic mass is 9.99. The molecule has 0 unspecified atom stereocenters. The van der Waals surface area contributed by atoms with E-state index in [0.717, 1.165) is 42.6 Å². The lowest BCUT2D eigenvalue weighted by molar-refractivity contribution is -0.116. The van der Waals surface area contributed by atoms with Crippen molar-refractivity contribution in [2.24, 2.45) is 0 Å². The molecule has 0 saturated carbocycles. The van der Waals surface area contributed by atoms with Crippen LogP contribution in [0.15, 0.2) is 94.4 Å². The highest BCUT2D eigenvalue weighted by molar-refractivity contribution is 7.26. The van der Waals surface area contributed by atoms with Crippen molar-refractivity contribution in [1.82, 2.24) is 10.3 Å². The van der Waals surface area contributed by atoms with E-state index in [9.17, 15) is 9.59 Å². The summed E-state index contributed by atoms with van der Waals surface area (Å²) >= 11 is 1.67. The first kappa shape index (κ1) is 27.3. The largest absolute Gasteiger partial charge is 0.440 e. The van der Waals surface area contributed by atoms with E-state index in [1.807, 2.05) is 54.6 Å². The van der Waals surface area contributed by atoms with E-state index in [0.29, 0.717) is 62.7 Å². The molecule has 0 spiro atoms. The molecule has 216 valence electrons. The molecule has 8 nitrogen and oxygen atoms in total. The fraction of sp³-hybridized carbons (Fsp3) is 0.206. The standard InChI is InChI=1S/C34H30N4O4S/c39-28-20-31(38-16-18-41-19-17-38)42-33-23(5-3-6-25(28)33)24-8-9-27(32-26-4-1-2-7-29(26)43-34(24)32)37-30(40)12-15-36-21-22-10-13-35-14-11-22/h1-11,13-14,20,36H,12,15-19,21H2,(H,37,40). The fourth-order valence-electron chi connectivity index (χ4n) is 5.61. The number of pyridine rings is 1. The van der Waals surface area contributed by atoms with Crippen LogP contribution in [0.3, 0.4) is 0 Å². The monoisotopic (exact) mass is 590 g/mol. The van der Waals surface area contributed by atoms with Gasteiger partial charge in [0.2, 0.25) is 5.91 Å². The molecule has 0 bridgehead atoms. The Morgan fingerprint density at radius 2 is 1.74 bits per heavy atom. The second kappa shape index (κ2) is 12.0. The first-order chi connectivity index (χ1) is 21.2. The van der Waals surface area contributed by atoms with Crippen LogP contribution in [0.4, 0.5) is 11.6 Å². The number of amides is 1. The molecular weight excluding hydrogens is 560 g/mol. The van der Waals surface area contributed by atoms with Crippen LogP contribution in [0.25, 0.3) is 42.3 Å². The molecule has 0 radical (unpaired) electrons. The zero-order valence-corrected chi connectivity index (χ0v) is 24.3. The average molecular weight is 591 g/mol. The number of rotatable bonds is 8. The highest BCUT2D eigenvalue weighted by Crippen LogP contribution is 2.45. The van der Waals surface area contributed by atoms with Gasteiger partial charge in [0.1, 0.15) is 5.58 Å². The van der Waals surface area contributed by atoms with Crippen LogP contribution >= 0.6 is 11.3 Å². The van der Waals surface area contributed by atoms with Crippen molar-refractivity contribution < 1.29 is 13.9 Å². The number of aromatic nitrogens is 1. The Hall–Kier alpha value is -4.57. The smallest absolute Gasteiger partial charge is 0.225 e. The molecule has 1 aliphatic rings. The SMILES string of the molecule is O=C(CCNCc1ccncc1)Nc1ccc(-c2cccc3c(=O)cc(N4CCOCC4)oc23)c2sc3ccccc3c12. The molecule has 1 saturated heterocycles. The summed E-state index contributed by atoms with van der Waals surface area (Å²) in [6.07, 6.45) is 3.87. The zero-order chi connectivity index (χ0) is 29.2. The van der Waals surface area contributed by atoms with Crippen LogP contribution in [-0.4, -0.2) is 43.7 Å². The summed E-state index contributed by atoms with van der Waals surface area (Å²) in [5.41, 5.74) is 4.19. The summed E-state index contributed by atoms with van der Waals surface area (Å²) in [5, 5.41) is 9.10. The summed E-state index contributed by atoms with van der Waals surface area (Å²) in [6.45, 7) is 3.77. The average Bonchev–Trinajstić information content (AvgIpc) is 3.44. The third kappa shape index (κ3) is 5.50. The topological polar surface area (TPSA) is 96.7 Å². The molecule has 0 atom stereocenters. The van der Waals surface area contributed by atoms with E-state index >= 15 is 0 Å². The van der Waals surface area contributed by atoms with Gasteiger partial charge in [-0.2, -0.15) is 0 Å². The normalized spacial score (nSPS) is 13.6. The molecule has 6 aromatic rings. The number of carbonyl (C=O) groups excluding carboxylic acids is 1. The molecule has 43 heavy (non-hydrogen) atoms. The summed E-state index contributed by atoms with van der Waals surface area (Å²) in [4.78, 5) is 32.4. The first-order valence-electron chi connectivity index (χ1n) is 14.4. The van der Waals surface area contributed by atoms with E-state index in [-0.39, 0.29) is 11.3 Å². The van der Waals surface area contributed by atoms with E-state index in [4.69, 9.17) is 9.15 Å². The van der Waals surface area contributed by atoms with Gasteiger partial charge >= 0.3 is 0 Å². The Morgan fingerprint density at radius 3 is 2.60 bits per heavy atom. The van der Waals surface area contributed by atoms with Crippen LogP contribution in [-0.2, 0) is 16.1 Å². The van der Waals surface area contributed by atoms with Gasteiger partial charge in [-0.25, -0.2) is 0 Å². The van der Waals surface area contributed by atoms with Gasteiger partial charge in [-0.05, 0) is 35.9 Å². The van der Waals surface area contributed by atoms with Crippen molar-refractivity contribution in [3.8, 4) is 11.1 Å². The summed E-state index contributed by atoms with van der Waals surface area (Å²) in [7, 11) is 0. The highest BCUT2D eigenvalue weighted by atomic mass is 32.1. The summed E-state index contributed by atoms with van der Waals surface area (Å²) in [6, 6.07) is 23.4. The maximum absolute atomic E-state index is 13.2. The minimum Gasteiger partial charge on any atom is -0.440 e. The van der Waals surface area contributed by atoms with E-state index in [2.05, 4.69) is 32.7 Å². The lowest BCUT2D eigenvalue weighted by Gasteiger charge is -2.27. The van der Waals surface area contributed by atoms with Crippen LogP contribution in [0.2, 0.25) is 0 Å². The number of morpholine rings is 1. The van der Waals surface area contributed by atoms with Crippen molar-refractivity contribution in [3.05, 3.63) is 101 Å². The number of nitrogens with one attached hydrogen (secondary N) is 2. The van der Waals surface area contributed by atoms with Crippen molar-refractivity contribution in [2.75, 3.05) is 43.1 Å². The molecule has 2 N–H and O–H groups in total. The van der Waals surface area contributed by atoms with Crippen LogP contribution in [0.5, 0.6) is 0 Å². The fourth-order valence-corrected chi connectivity index (χ4v) is 6.87. The van der Waals surface area contributed by atoms with Crippen LogP contribution < -0.4 is 21.0 Å². The van der Waals surface area contributed by atoms with Gasteiger partial charge in [0.15, 0.2) is 11.3 Å². The molecule has 0 aliphatic carbocycles. The Balaban J connectivity index is 1.24. The number of anilines is 2. The maximum atomic E-state index is 13.2. The molecule has 1 fully saturated rings. The summed E-state index contributed by atoms with van der Waals surface area (Å²) < 4.78 is 14.1. The van der Waals surface area contributed by atoms with Gasteiger partial charge in [0.05, 0.1) is 24.3 Å². The molecule has 4 heterocycles. The Bertz CT molecular complexity index is 2000. The Labute approximate surface area is 251 Å². The van der Waals surface area contributed by atoms with Gasteiger partial charge in [-0.1, -0.05) is 36.4 Å². The third-order valence-electron chi connectivity index (χ3n) is 7.76. The zero-order valence-electron chi connectivity index (χ0n) is 23.5. The van der Waals surface area contributed by atoms with Gasteiger partial charge in [-0.15, -0.1) is 11.3 Å². The number of nitrogens with zero attached hydrogens (tertiary/aromatic N) is 2. The number of hydrogen-bond acceptors (Lipinski definition) is 8. The Morgan fingerprint density at radius 1 is 0.930 bits per heavy atom. The number of ether oxygens (including phenoxy) is 1. The second-order valence-corrected chi connectivity index (χ2v) is 11.6. The Kier molecular flexibility index (Phi) is 7.59. The molecule has 1 aliphatic heterocycles. The van der Waals surface area contributed by atoms with Crippen molar-refractivity contribution in [1.29, 1.82) is 0 Å². The van der Waals surface area contributed by atoms with Gasteiger partial charge in [0.25, 0.3) is 0 Å². The third-order valence-corrected chi connectivity index (χ3v) is 8.97. The maximum Gasteiger partial charge on any atom is 0.225 e. The number of para-hydroxylation sites is 1. The molecule has 9 heteroatoms. The predicted molar refractivity (Wildman–Crippen MR) is 173 cm³/mol. The molecule has 3 aromatic carbocycles. The van der Waals surface area contributed by atoms with E-state index < -0.39 is 0 Å². The second-order valence-electron chi connectivity index (χ2n) is 10.5. The molecule has 3 aromatic heterocycles.